The highest BCUT2D eigenvalue weighted by Crippen LogP contribution is 2.13. The van der Waals surface area contributed by atoms with E-state index in [1.807, 2.05) is 19.2 Å². The van der Waals surface area contributed by atoms with Gasteiger partial charge in [0.1, 0.15) is 11.6 Å². The van der Waals surface area contributed by atoms with Crippen molar-refractivity contribution in [2.45, 2.75) is 33.2 Å². The minimum absolute atomic E-state index is 0.325. The maximum atomic E-state index is 5.61. The van der Waals surface area contributed by atoms with Gasteiger partial charge >= 0.3 is 0 Å². The van der Waals surface area contributed by atoms with Gasteiger partial charge in [-0.05, 0) is 6.92 Å². The molecule has 0 aliphatic heterocycles. The van der Waals surface area contributed by atoms with Crippen LogP contribution in [0.2, 0.25) is 0 Å². The van der Waals surface area contributed by atoms with E-state index in [-0.39, 0.29) is 0 Å². The molecule has 2 heterocycles. The fourth-order valence-corrected chi connectivity index (χ4v) is 1.74. The second-order valence-corrected chi connectivity index (χ2v) is 4.87. The lowest BCUT2D eigenvalue weighted by molar-refractivity contribution is 0.636. The van der Waals surface area contributed by atoms with E-state index in [0.29, 0.717) is 11.6 Å². The summed E-state index contributed by atoms with van der Waals surface area (Å²) in [6.45, 7) is 7.65. The number of aryl methyl sites for hydroxylation is 1. The molecular weight excluding hydrogens is 240 g/mol. The van der Waals surface area contributed by atoms with Crippen molar-refractivity contribution in [2.75, 3.05) is 17.6 Å². The van der Waals surface area contributed by atoms with Crippen LogP contribution in [-0.4, -0.2) is 26.3 Å². The monoisotopic (exact) mass is 260 g/mol. The van der Waals surface area contributed by atoms with Gasteiger partial charge in [0, 0.05) is 30.4 Å². The van der Waals surface area contributed by atoms with E-state index in [9.17, 15) is 0 Å². The molecule has 0 saturated heterocycles. The summed E-state index contributed by atoms with van der Waals surface area (Å²) in [7, 11) is 0. The molecule has 6 heteroatoms. The summed E-state index contributed by atoms with van der Waals surface area (Å²) in [5.74, 6) is 2.05. The maximum Gasteiger partial charge on any atom is 0.133 e. The number of nitrogens with two attached hydrogens (primary N) is 1. The molecule has 0 radical (unpaired) electrons. The molecule has 19 heavy (non-hydrogen) atoms. The van der Waals surface area contributed by atoms with Crippen molar-refractivity contribution in [2.24, 2.45) is 0 Å². The highest BCUT2D eigenvalue weighted by atomic mass is 15.3. The minimum atomic E-state index is 0.325. The molecule has 2 rings (SSSR count). The number of nitrogens with zero attached hydrogens (tertiary/aromatic N) is 4. The number of rotatable bonds is 5. The first-order valence-corrected chi connectivity index (χ1v) is 6.42. The average molecular weight is 260 g/mol. The fourth-order valence-electron chi connectivity index (χ4n) is 1.74. The Labute approximate surface area is 113 Å². The van der Waals surface area contributed by atoms with Crippen molar-refractivity contribution < 1.29 is 0 Å². The van der Waals surface area contributed by atoms with E-state index >= 15 is 0 Å². The van der Waals surface area contributed by atoms with Crippen LogP contribution >= 0.6 is 0 Å². The van der Waals surface area contributed by atoms with E-state index in [4.69, 9.17) is 5.73 Å². The Kier molecular flexibility index (Phi) is 3.99. The van der Waals surface area contributed by atoms with Gasteiger partial charge in [0.05, 0.1) is 18.4 Å². The molecule has 6 nitrogen and oxygen atoms in total. The van der Waals surface area contributed by atoms with Crippen LogP contribution in [-0.2, 0) is 6.54 Å². The number of nitrogens with one attached hydrogen (secondary N) is 1. The summed E-state index contributed by atoms with van der Waals surface area (Å²) in [6.07, 6.45) is 3.46. The zero-order valence-electron chi connectivity index (χ0n) is 11.6. The number of nitrogen functional groups attached to an aromatic ring is 1. The average Bonchev–Trinajstić information content (AvgIpc) is 2.74. The SMILES string of the molecule is Cc1cc(NCCn2cc(N)cn2)nc(C(C)C)n1. The Bertz CT molecular complexity index is 546. The fraction of sp³-hybridized carbons (Fsp3) is 0.462. The highest BCUT2D eigenvalue weighted by Gasteiger charge is 2.05. The van der Waals surface area contributed by atoms with Crippen molar-refractivity contribution in [1.29, 1.82) is 0 Å². The summed E-state index contributed by atoms with van der Waals surface area (Å²) >= 11 is 0. The van der Waals surface area contributed by atoms with Gasteiger partial charge in [-0.25, -0.2) is 9.97 Å². The summed E-state index contributed by atoms with van der Waals surface area (Å²) in [5, 5.41) is 7.41. The molecule has 0 unspecified atom stereocenters. The van der Waals surface area contributed by atoms with Crippen LogP contribution < -0.4 is 11.1 Å². The lowest BCUT2D eigenvalue weighted by Gasteiger charge is -2.10. The first-order chi connectivity index (χ1) is 9.04. The first-order valence-electron chi connectivity index (χ1n) is 6.42. The van der Waals surface area contributed by atoms with E-state index in [1.165, 1.54) is 0 Å². The van der Waals surface area contributed by atoms with Crippen LogP contribution in [0.5, 0.6) is 0 Å². The number of hydrogen-bond donors (Lipinski definition) is 2. The van der Waals surface area contributed by atoms with Gasteiger partial charge in [-0.3, -0.25) is 4.68 Å². The van der Waals surface area contributed by atoms with Gasteiger partial charge < -0.3 is 11.1 Å². The smallest absolute Gasteiger partial charge is 0.133 e. The zero-order valence-corrected chi connectivity index (χ0v) is 11.6. The van der Waals surface area contributed by atoms with Crippen molar-refractivity contribution in [3.8, 4) is 0 Å². The van der Waals surface area contributed by atoms with Crippen LogP contribution in [0.3, 0.4) is 0 Å². The molecule has 0 aliphatic rings. The van der Waals surface area contributed by atoms with Gasteiger partial charge in [-0.1, -0.05) is 13.8 Å². The maximum absolute atomic E-state index is 5.61. The van der Waals surface area contributed by atoms with Gasteiger partial charge in [-0.2, -0.15) is 5.10 Å². The molecule has 0 saturated carbocycles. The number of anilines is 2. The number of aromatic nitrogens is 4. The third kappa shape index (κ3) is 3.67. The summed E-state index contributed by atoms with van der Waals surface area (Å²) < 4.78 is 1.81. The van der Waals surface area contributed by atoms with E-state index < -0.39 is 0 Å². The number of hydrogen-bond acceptors (Lipinski definition) is 5. The Balaban J connectivity index is 1.95. The molecule has 2 aromatic rings. The quantitative estimate of drug-likeness (QED) is 0.856. The molecule has 2 aromatic heterocycles. The molecule has 0 spiro atoms. The largest absolute Gasteiger partial charge is 0.396 e. The Morgan fingerprint density at radius 3 is 2.79 bits per heavy atom. The van der Waals surface area contributed by atoms with Crippen LogP contribution in [0.4, 0.5) is 11.5 Å². The highest BCUT2D eigenvalue weighted by molar-refractivity contribution is 5.36. The lowest BCUT2D eigenvalue weighted by Crippen LogP contribution is -2.13. The van der Waals surface area contributed by atoms with E-state index in [1.54, 1.807) is 10.9 Å². The van der Waals surface area contributed by atoms with Gasteiger partial charge in [-0.15, -0.1) is 0 Å². The molecule has 0 aliphatic carbocycles. The Morgan fingerprint density at radius 2 is 2.16 bits per heavy atom. The standard InChI is InChI=1S/C13H20N6/c1-9(2)13-17-10(3)6-12(18-13)15-4-5-19-8-11(14)7-16-19/h6-9H,4-5,14H2,1-3H3,(H,15,17,18). The van der Waals surface area contributed by atoms with Crippen molar-refractivity contribution in [1.82, 2.24) is 19.7 Å². The first kappa shape index (κ1) is 13.3. The zero-order chi connectivity index (χ0) is 13.8. The molecule has 0 fully saturated rings. The predicted molar refractivity (Wildman–Crippen MR) is 76.0 cm³/mol. The molecule has 0 bridgehead atoms. The summed E-state index contributed by atoms with van der Waals surface area (Å²) in [5.41, 5.74) is 7.27. The third-order valence-electron chi connectivity index (χ3n) is 2.69. The van der Waals surface area contributed by atoms with Crippen LogP contribution in [0.1, 0.15) is 31.3 Å². The Morgan fingerprint density at radius 1 is 1.37 bits per heavy atom. The molecular formula is C13H20N6. The van der Waals surface area contributed by atoms with Crippen LogP contribution in [0.25, 0.3) is 0 Å². The minimum Gasteiger partial charge on any atom is -0.396 e. The van der Waals surface area contributed by atoms with Crippen molar-refractivity contribution >= 4 is 11.5 Å². The molecule has 102 valence electrons. The van der Waals surface area contributed by atoms with E-state index in [2.05, 4.69) is 34.2 Å². The third-order valence-corrected chi connectivity index (χ3v) is 2.69. The summed E-state index contributed by atoms with van der Waals surface area (Å²) in [6, 6.07) is 1.95. The Hall–Kier alpha value is -2.11. The molecule has 0 amide bonds. The van der Waals surface area contributed by atoms with Gasteiger partial charge in [0.2, 0.25) is 0 Å². The van der Waals surface area contributed by atoms with Crippen LogP contribution in [0.15, 0.2) is 18.5 Å². The molecule has 3 N–H and O–H groups in total. The topological polar surface area (TPSA) is 81.7 Å². The van der Waals surface area contributed by atoms with Crippen molar-refractivity contribution in [3.63, 3.8) is 0 Å². The predicted octanol–water partition coefficient (Wildman–Crippen LogP) is 1.80. The second kappa shape index (κ2) is 5.69. The van der Waals surface area contributed by atoms with Crippen molar-refractivity contribution in [3.05, 3.63) is 30.0 Å². The normalized spacial score (nSPS) is 10.9. The second-order valence-electron chi connectivity index (χ2n) is 4.87. The van der Waals surface area contributed by atoms with Gasteiger partial charge in [0.25, 0.3) is 0 Å². The van der Waals surface area contributed by atoms with Crippen LogP contribution in [0, 0.1) is 6.92 Å². The summed E-state index contributed by atoms with van der Waals surface area (Å²) in [4.78, 5) is 8.91. The molecule has 0 aromatic carbocycles. The molecule has 0 atom stereocenters. The van der Waals surface area contributed by atoms with E-state index in [0.717, 1.165) is 30.4 Å². The lowest BCUT2D eigenvalue weighted by atomic mass is 10.2. The van der Waals surface area contributed by atoms with Gasteiger partial charge in [0.15, 0.2) is 0 Å².